The third-order valence-corrected chi connectivity index (χ3v) is 2.91. The zero-order valence-electron chi connectivity index (χ0n) is 8.19. The molecule has 76 valence electrons. The summed E-state index contributed by atoms with van der Waals surface area (Å²) in [6, 6.07) is 0. The Bertz CT molecular complexity index is 233. The van der Waals surface area contributed by atoms with Crippen LogP contribution in [0.5, 0.6) is 0 Å². The van der Waals surface area contributed by atoms with E-state index >= 15 is 0 Å². The lowest BCUT2D eigenvalue weighted by molar-refractivity contribution is 0.294. The van der Waals surface area contributed by atoms with Crippen molar-refractivity contribution in [3.63, 3.8) is 0 Å². The van der Waals surface area contributed by atoms with Gasteiger partial charge in [-0.2, -0.15) is 0 Å². The highest BCUT2D eigenvalue weighted by atomic mass is 31.2. The minimum absolute atomic E-state index is 0.167. The van der Waals surface area contributed by atoms with E-state index in [-0.39, 0.29) is 11.9 Å². The Morgan fingerprint density at radius 1 is 1.62 bits per heavy atom. The van der Waals surface area contributed by atoms with E-state index < -0.39 is 7.60 Å². The van der Waals surface area contributed by atoms with Crippen molar-refractivity contribution in [2.24, 2.45) is 0 Å². The number of hydrogen-bond donors (Lipinski definition) is 1. The summed E-state index contributed by atoms with van der Waals surface area (Å²) in [6.07, 6.45) is 5.70. The van der Waals surface area contributed by atoms with E-state index in [1.807, 2.05) is 6.08 Å². The first-order valence-corrected chi connectivity index (χ1v) is 5.87. The van der Waals surface area contributed by atoms with Crippen LogP contribution in [0, 0.1) is 0 Å². The van der Waals surface area contributed by atoms with Crippen molar-refractivity contribution >= 4 is 7.60 Å². The maximum absolute atomic E-state index is 11.1. The molecule has 0 aromatic carbocycles. The van der Waals surface area contributed by atoms with Crippen LogP contribution in [-0.2, 0) is 9.09 Å². The summed E-state index contributed by atoms with van der Waals surface area (Å²) in [5, 5.41) is 0.177. The van der Waals surface area contributed by atoms with Crippen LogP contribution < -0.4 is 0 Å². The standard InChI is InChI=1S/C9H17O3P/c1-4-5-6-7-8-12-13(10,11)9(2)3/h6-7H,2,4-5,8H2,1,3H3,(H,10,11). The van der Waals surface area contributed by atoms with Crippen LogP contribution in [0.3, 0.4) is 0 Å². The van der Waals surface area contributed by atoms with Crippen LogP contribution in [0.2, 0.25) is 0 Å². The quantitative estimate of drug-likeness (QED) is 0.534. The zero-order chi connectivity index (χ0) is 10.3. The van der Waals surface area contributed by atoms with Crippen molar-refractivity contribution in [3.05, 3.63) is 24.0 Å². The summed E-state index contributed by atoms with van der Waals surface area (Å²) in [6.45, 7) is 7.10. The molecule has 1 unspecified atom stereocenters. The highest BCUT2D eigenvalue weighted by molar-refractivity contribution is 7.57. The molecule has 13 heavy (non-hydrogen) atoms. The lowest BCUT2D eigenvalue weighted by Gasteiger charge is -2.09. The van der Waals surface area contributed by atoms with Crippen LogP contribution in [0.1, 0.15) is 26.7 Å². The van der Waals surface area contributed by atoms with Crippen molar-refractivity contribution in [1.29, 1.82) is 0 Å². The molecule has 0 aliphatic heterocycles. The van der Waals surface area contributed by atoms with E-state index in [1.165, 1.54) is 6.92 Å². The second-order valence-corrected chi connectivity index (χ2v) is 4.87. The lowest BCUT2D eigenvalue weighted by Crippen LogP contribution is -1.89. The van der Waals surface area contributed by atoms with Gasteiger partial charge < -0.3 is 9.42 Å². The first kappa shape index (κ1) is 12.6. The van der Waals surface area contributed by atoms with Crippen LogP contribution in [-0.4, -0.2) is 11.5 Å². The van der Waals surface area contributed by atoms with E-state index in [0.717, 1.165) is 12.8 Å². The number of allylic oxidation sites excluding steroid dienone is 2. The summed E-state index contributed by atoms with van der Waals surface area (Å²) in [5.41, 5.74) is 0. The fourth-order valence-corrected chi connectivity index (χ4v) is 1.12. The molecule has 1 atom stereocenters. The molecule has 0 bridgehead atoms. The summed E-state index contributed by atoms with van der Waals surface area (Å²) in [5.74, 6) is 0. The molecule has 0 heterocycles. The Hall–Kier alpha value is -0.370. The Labute approximate surface area is 79.7 Å². The molecule has 0 spiro atoms. The Morgan fingerprint density at radius 3 is 2.69 bits per heavy atom. The van der Waals surface area contributed by atoms with Crippen LogP contribution in [0.4, 0.5) is 0 Å². The van der Waals surface area contributed by atoms with Crippen molar-refractivity contribution in [2.45, 2.75) is 26.7 Å². The highest BCUT2D eigenvalue weighted by Crippen LogP contribution is 2.49. The second-order valence-electron chi connectivity index (χ2n) is 2.81. The minimum Gasteiger partial charge on any atom is -0.321 e. The smallest absolute Gasteiger partial charge is 0.321 e. The molecule has 0 aliphatic rings. The molecule has 0 saturated heterocycles. The molecule has 0 saturated carbocycles. The van der Waals surface area contributed by atoms with Gasteiger partial charge in [0, 0.05) is 5.31 Å². The molecule has 3 nitrogen and oxygen atoms in total. The fraction of sp³-hybridized carbons (Fsp3) is 0.556. The van der Waals surface area contributed by atoms with Gasteiger partial charge in [-0.15, -0.1) is 0 Å². The van der Waals surface area contributed by atoms with Crippen molar-refractivity contribution in [2.75, 3.05) is 6.61 Å². The third kappa shape index (κ3) is 5.81. The fourth-order valence-electron chi connectivity index (χ4n) is 0.607. The SMILES string of the molecule is C=C(C)P(=O)(O)OCC=CCCC. The first-order valence-electron chi connectivity index (χ1n) is 4.29. The van der Waals surface area contributed by atoms with Gasteiger partial charge in [-0.1, -0.05) is 32.1 Å². The topological polar surface area (TPSA) is 46.5 Å². The van der Waals surface area contributed by atoms with Gasteiger partial charge in [0.15, 0.2) is 0 Å². The van der Waals surface area contributed by atoms with Gasteiger partial charge >= 0.3 is 7.60 Å². The lowest BCUT2D eigenvalue weighted by atomic mass is 10.3. The molecule has 0 amide bonds. The summed E-state index contributed by atoms with van der Waals surface area (Å²) >= 11 is 0. The highest BCUT2D eigenvalue weighted by Gasteiger charge is 2.18. The molecule has 0 aromatic heterocycles. The van der Waals surface area contributed by atoms with Crippen molar-refractivity contribution < 1.29 is 14.0 Å². The third-order valence-electron chi connectivity index (χ3n) is 1.45. The molecular formula is C9H17O3P. The van der Waals surface area contributed by atoms with Gasteiger partial charge in [0.25, 0.3) is 0 Å². The summed E-state index contributed by atoms with van der Waals surface area (Å²) in [4.78, 5) is 9.15. The van der Waals surface area contributed by atoms with Gasteiger partial charge in [0.05, 0.1) is 6.61 Å². The van der Waals surface area contributed by atoms with E-state index in [0.29, 0.717) is 0 Å². The average molecular weight is 204 g/mol. The number of unbranched alkanes of at least 4 members (excludes halogenated alkanes) is 1. The normalized spacial score (nSPS) is 15.9. The van der Waals surface area contributed by atoms with Gasteiger partial charge in [0.2, 0.25) is 0 Å². The van der Waals surface area contributed by atoms with Crippen LogP contribution in [0.15, 0.2) is 24.0 Å². The molecule has 4 heteroatoms. The first-order chi connectivity index (χ1) is 6.00. The van der Waals surface area contributed by atoms with Gasteiger partial charge in [-0.3, -0.25) is 4.57 Å². The summed E-state index contributed by atoms with van der Waals surface area (Å²) < 4.78 is 15.9. The maximum Gasteiger partial charge on any atom is 0.354 e. The van der Waals surface area contributed by atoms with Crippen molar-refractivity contribution in [1.82, 2.24) is 0 Å². The van der Waals surface area contributed by atoms with Crippen molar-refractivity contribution in [3.8, 4) is 0 Å². The van der Waals surface area contributed by atoms with Gasteiger partial charge in [-0.25, -0.2) is 0 Å². The van der Waals surface area contributed by atoms with E-state index in [2.05, 4.69) is 13.5 Å². The largest absolute Gasteiger partial charge is 0.354 e. The van der Waals surface area contributed by atoms with Gasteiger partial charge in [0.1, 0.15) is 0 Å². The monoisotopic (exact) mass is 204 g/mol. The predicted molar refractivity (Wildman–Crippen MR) is 54.6 cm³/mol. The molecule has 1 N–H and O–H groups in total. The second kappa shape index (κ2) is 6.14. The Kier molecular flexibility index (Phi) is 5.97. The summed E-state index contributed by atoms with van der Waals surface area (Å²) in [7, 11) is -3.56. The molecule has 0 aliphatic carbocycles. The minimum atomic E-state index is -3.56. The predicted octanol–water partition coefficient (Wildman–Crippen LogP) is 3.08. The molecule has 0 aromatic rings. The molecule has 0 radical (unpaired) electrons. The van der Waals surface area contributed by atoms with E-state index in [1.54, 1.807) is 6.08 Å². The molecule has 0 fully saturated rings. The van der Waals surface area contributed by atoms with E-state index in [9.17, 15) is 4.57 Å². The number of hydrogen-bond acceptors (Lipinski definition) is 2. The average Bonchev–Trinajstić information content (AvgIpc) is 2.03. The van der Waals surface area contributed by atoms with Crippen LogP contribution in [0.25, 0.3) is 0 Å². The Balaban J connectivity index is 3.77. The molecule has 0 rings (SSSR count). The number of rotatable bonds is 6. The molecular weight excluding hydrogens is 187 g/mol. The van der Waals surface area contributed by atoms with Crippen LogP contribution >= 0.6 is 7.60 Å². The van der Waals surface area contributed by atoms with Gasteiger partial charge in [-0.05, 0) is 13.3 Å². The van der Waals surface area contributed by atoms with E-state index in [4.69, 9.17) is 9.42 Å². The maximum atomic E-state index is 11.1. The Morgan fingerprint density at radius 2 is 2.23 bits per heavy atom. The zero-order valence-corrected chi connectivity index (χ0v) is 9.09.